The van der Waals surface area contributed by atoms with Crippen molar-refractivity contribution in [3.63, 3.8) is 0 Å². The van der Waals surface area contributed by atoms with Crippen LogP contribution < -0.4 is 10.2 Å². The van der Waals surface area contributed by atoms with Crippen LogP contribution in [0.15, 0.2) is 18.5 Å². The highest BCUT2D eigenvalue weighted by Crippen LogP contribution is 2.27. The molecular formula is C10H14N4O2. The number of hydrogen-bond donors (Lipinski definition) is 1. The number of nitrogens with zero attached hydrogens (tertiary/aromatic N) is 3. The predicted molar refractivity (Wildman–Crippen MR) is 60.6 cm³/mol. The first-order valence-corrected chi connectivity index (χ1v) is 5.25. The Kier molecular flexibility index (Phi) is 3.00. The molecule has 16 heavy (non-hydrogen) atoms. The average molecular weight is 222 g/mol. The van der Waals surface area contributed by atoms with Crippen LogP contribution in [0.25, 0.3) is 0 Å². The predicted octanol–water partition coefficient (Wildman–Crippen LogP) is 0.788. The van der Waals surface area contributed by atoms with E-state index in [0.29, 0.717) is 11.7 Å². The molecule has 1 aliphatic heterocycles. The Bertz CT molecular complexity index is 396. The highest BCUT2D eigenvalue weighted by Gasteiger charge is 2.23. The number of nitro groups is 1. The molecule has 1 aromatic rings. The lowest BCUT2D eigenvalue weighted by atomic mass is 10.2. The molecule has 1 N–H and O–H groups in total. The van der Waals surface area contributed by atoms with E-state index in [9.17, 15) is 10.1 Å². The zero-order valence-electron chi connectivity index (χ0n) is 9.09. The molecule has 0 unspecified atom stereocenters. The van der Waals surface area contributed by atoms with Gasteiger partial charge in [-0.05, 0) is 13.0 Å². The Morgan fingerprint density at radius 3 is 3.19 bits per heavy atom. The molecule has 2 heterocycles. The van der Waals surface area contributed by atoms with Crippen molar-refractivity contribution in [2.75, 3.05) is 24.5 Å². The highest BCUT2D eigenvalue weighted by molar-refractivity contribution is 5.62. The van der Waals surface area contributed by atoms with Crippen LogP contribution in [-0.2, 0) is 0 Å². The van der Waals surface area contributed by atoms with E-state index in [4.69, 9.17) is 0 Å². The molecule has 1 aliphatic rings. The van der Waals surface area contributed by atoms with Gasteiger partial charge in [0.15, 0.2) is 0 Å². The molecule has 0 aromatic carbocycles. The van der Waals surface area contributed by atoms with Crippen LogP contribution in [0.1, 0.15) is 6.92 Å². The minimum absolute atomic E-state index is 0.0802. The second-order valence-corrected chi connectivity index (χ2v) is 3.92. The number of rotatable bonds is 2. The molecule has 2 rings (SSSR count). The molecule has 0 spiro atoms. The zero-order chi connectivity index (χ0) is 11.5. The van der Waals surface area contributed by atoms with Crippen molar-refractivity contribution in [1.29, 1.82) is 0 Å². The Hall–Kier alpha value is -1.69. The van der Waals surface area contributed by atoms with Gasteiger partial charge in [0.2, 0.25) is 0 Å². The Labute approximate surface area is 93.4 Å². The second kappa shape index (κ2) is 4.44. The van der Waals surface area contributed by atoms with Crippen LogP contribution in [0.4, 0.5) is 11.4 Å². The van der Waals surface area contributed by atoms with E-state index in [0.717, 1.165) is 19.6 Å². The van der Waals surface area contributed by atoms with Gasteiger partial charge < -0.3 is 10.2 Å². The Balaban J connectivity index is 2.28. The summed E-state index contributed by atoms with van der Waals surface area (Å²) >= 11 is 0. The van der Waals surface area contributed by atoms with Crippen LogP contribution in [-0.4, -0.2) is 35.6 Å². The lowest BCUT2D eigenvalue weighted by molar-refractivity contribution is -0.384. The van der Waals surface area contributed by atoms with Crippen molar-refractivity contribution in [2.45, 2.75) is 13.0 Å². The summed E-state index contributed by atoms with van der Waals surface area (Å²) in [6, 6.07) is 2.05. The van der Waals surface area contributed by atoms with Crippen LogP contribution in [0.5, 0.6) is 0 Å². The van der Waals surface area contributed by atoms with Crippen LogP contribution in [0.3, 0.4) is 0 Å². The van der Waals surface area contributed by atoms with Gasteiger partial charge in [-0.25, -0.2) is 0 Å². The Morgan fingerprint density at radius 1 is 1.69 bits per heavy atom. The minimum atomic E-state index is -0.380. The monoisotopic (exact) mass is 222 g/mol. The Morgan fingerprint density at radius 2 is 2.50 bits per heavy atom. The number of pyridine rings is 1. The van der Waals surface area contributed by atoms with Gasteiger partial charge in [0.05, 0.1) is 4.92 Å². The molecule has 86 valence electrons. The first-order chi connectivity index (χ1) is 7.68. The van der Waals surface area contributed by atoms with Crippen molar-refractivity contribution in [2.24, 2.45) is 0 Å². The molecule has 1 saturated heterocycles. The molecule has 6 heteroatoms. The third-order valence-corrected chi connectivity index (χ3v) is 2.68. The first kappa shape index (κ1) is 10.8. The third kappa shape index (κ3) is 2.11. The van der Waals surface area contributed by atoms with Gasteiger partial charge in [0, 0.05) is 31.9 Å². The molecule has 1 atom stereocenters. The molecule has 1 fully saturated rings. The molecule has 6 nitrogen and oxygen atoms in total. The van der Waals surface area contributed by atoms with E-state index in [2.05, 4.69) is 17.2 Å². The molecule has 0 amide bonds. The second-order valence-electron chi connectivity index (χ2n) is 3.92. The topological polar surface area (TPSA) is 71.3 Å². The molecule has 0 aliphatic carbocycles. The lowest BCUT2D eigenvalue weighted by Gasteiger charge is -2.33. The van der Waals surface area contributed by atoms with E-state index >= 15 is 0 Å². The largest absolute Gasteiger partial charge is 0.363 e. The van der Waals surface area contributed by atoms with Crippen molar-refractivity contribution in [3.8, 4) is 0 Å². The zero-order valence-corrected chi connectivity index (χ0v) is 9.09. The van der Waals surface area contributed by atoms with Gasteiger partial charge >= 0.3 is 5.69 Å². The minimum Gasteiger partial charge on any atom is -0.363 e. The quantitative estimate of drug-likeness (QED) is 0.591. The van der Waals surface area contributed by atoms with Crippen molar-refractivity contribution in [1.82, 2.24) is 10.3 Å². The van der Waals surface area contributed by atoms with Crippen LogP contribution >= 0.6 is 0 Å². The summed E-state index contributed by atoms with van der Waals surface area (Å²) in [5, 5.41) is 14.2. The standard InChI is InChI=1S/C10H14N4O2/c1-8-7-13(5-4-12-8)9-2-3-11-6-10(9)14(15)16/h2-3,6,8,12H,4-5,7H2,1H3/t8-/m1/s1. The normalized spacial score (nSPS) is 20.8. The van der Waals surface area contributed by atoms with Gasteiger partial charge in [0.1, 0.15) is 11.9 Å². The van der Waals surface area contributed by atoms with Crippen LogP contribution in [0.2, 0.25) is 0 Å². The van der Waals surface area contributed by atoms with E-state index in [1.165, 1.54) is 6.20 Å². The molecule has 0 radical (unpaired) electrons. The fraction of sp³-hybridized carbons (Fsp3) is 0.500. The van der Waals surface area contributed by atoms with Gasteiger partial charge in [-0.2, -0.15) is 0 Å². The van der Waals surface area contributed by atoms with Crippen LogP contribution in [0, 0.1) is 10.1 Å². The lowest BCUT2D eigenvalue weighted by Crippen LogP contribution is -2.49. The SMILES string of the molecule is C[C@@H]1CN(c2ccncc2[N+](=O)[O-])CCN1. The summed E-state index contributed by atoms with van der Waals surface area (Å²) in [7, 11) is 0. The maximum Gasteiger partial charge on any atom is 0.310 e. The van der Waals surface area contributed by atoms with E-state index < -0.39 is 0 Å². The fourth-order valence-electron chi connectivity index (χ4n) is 1.94. The van der Waals surface area contributed by atoms with Gasteiger partial charge in [0.25, 0.3) is 0 Å². The van der Waals surface area contributed by atoms with Crippen molar-refractivity contribution in [3.05, 3.63) is 28.6 Å². The summed E-state index contributed by atoms with van der Waals surface area (Å²) in [5.74, 6) is 0. The summed E-state index contributed by atoms with van der Waals surface area (Å²) < 4.78 is 0. The fourth-order valence-corrected chi connectivity index (χ4v) is 1.94. The molecule has 1 aromatic heterocycles. The van der Waals surface area contributed by atoms with Gasteiger partial charge in [-0.1, -0.05) is 0 Å². The summed E-state index contributed by atoms with van der Waals surface area (Å²) in [6.45, 7) is 4.49. The molecule has 0 saturated carbocycles. The van der Waals surface area contributed by atoms with E-state index in [1.807, 2.05) is 4.90 Å². The number of piperazine rings is 1. The molecule has 0 bridgehead atoms. The van der Waals surface area contributed by atoms with Gasteiger partial charge in [-0.3, -0.25) is 15.1 Å². The smallest absolute Gasteiger partial charge is 0.310 e. The summed E-state index contributed by atoms with van der Waals surface area (Å²) in [5.41, 5.74) is 0.741. The number of aromatic nitrogens is 1. The highest BCUT2D eigenvalue weighted by atomic mass is 16.6. The first-order valence-electron chi connectivity index (χ1n) is 5.25. The average Bonchev–Trinajstić information content (AvgIpc) is 2.29. The third-order valence-electron chi connectivity index (χ3n) is 2.68. The van der Waals surface area contributed by atoms with Gasteiger partial charge in [-0.15, -0.1) is 0 Å². The maximum absolute atomic E-state index is 10.9. The number of anilines is 1. The summed E-state index contributed by atoms with van der Waals surface area (Å²) in [4.78, 5) is 16.3. The van der Waals surface area contributed by atoms with Crippen molar-refractivity contribution < 1.29 is 4.92 Å². The molecular weight excluding hydrogens is 208 g/mol. The number of nitrogens with one attached hydrogen (secondary N) is 1. The van der Waals surface area contributed by atoms with E-state index in [-0.39, 0.29) is 10.6 Å². The number of hydrogen-bond acceptors (Lipinski definition) is 5. The summed E-state index contributed by atoms with van der Waals surface area (Å²) in [6.07, 6.45) is 2.90. The van der Waals surface area contributed by atoms with E-state index in [1.54, 1.807) is 12.3 Å². The van der Waals surface area contributed by atoms with Crippen molar-refractivity contribution >= 4 is 11.4 Å². The maximum atomic E-state index is 10.9.